The highest BCUT2D eigenvalue weighted by molar-refractivity contribution is 6.30. The number of nitrogens with one attached hydrogen (secondary N) is 2. The fraction of sp³-hybridized carbons (Fsp3) is 0.500. The van der Waals surface area contributed by atoms with Crippen molar-refractivity contribution >= 4 is 17.5 Å². The molecule has 0 saturated heterocycles. The van der Waals surface area contributed by atoms with E-state index in [4.69, 9.17) is 11.6 Å². The summed E-state index contributed by atoms with van der Waals surface area (Å²) in [6.07, 6.45) is 2.11. The van der Waals surface area contributed by atoms with E-state index in [2.05, 4.69) is 17.8 Å². The Kier molecular flexibility index (Phi) is 9.33. The van der Waals surface area contributed by atoms with Crippen LogP contribution in [-0.2, 0) is 0 Å². The van der Waals surface area contributed by atoms with Crippen molar-refractivity contribution in [3.05, 3.63) is 34.9 Å². The second-order valence-electron chi connectivity index (χ2n) is 3.80. The van der Waals surface area contributed by atoms with Gasteiger partial charge in [0.05, 0.1) is 0 Å². The van der Waals surface area contributed by atoms with Gasteiger partial charge in [-0.05, 0) is 31.5 Å². The molecule has 0 aliphatic carbocycles. The number of halogens is 1. The van der Waals surface area contributed by atoms with Gasteiger partial charge in [-0.1, -0.05) is 44.9 Å². The topological polar surface area (TPSA) is 41.1 Å². The van der Waals surface area contributed by atoms with Gasteiger partial charge in [0.15, 0.2) is 0 Å². The minimum absolute atomic E-state index is 0.162. The van der Waals surface area contributed by atoms with E-state index < -0.39 is 0 Å². The van der Waals surface area contributed by atoms with E-state index in [9.17, 15) is 4.79 Å². The summed E-state index contributed by atoms with van der Waals surface area (Å²) in [5.41, 5.74) is 6.18. The molecule has 0 bridgehead atoms. The van der Waals surface area contributed by atoms with E-state index in [1.807, 2.05) is 20.8 Å². The SMILES string of the molecule is CC.CCCC(C)NNC(=O)c1cccc(Cl)c1. The van der Waals surface area contributed by atoms with Crippen molar-refractivity contribution in [1.29, 1.82) is 0 Å². The maximum absolute atomic E-state index is 11.7. The molecule has 0 heterocycles. The van der Waals surface area contributed by atoms with Crippen LogP contribution in [0.25, 0.3) is 0 Å². The van der Waals surface area contributed by atoms with Crippen molar-refractivity contribution < 1.29 is 4.79 Å². The van der Waals surface area contributed by atoms with Crippen LogP contribution in [0.4, 0.5) is 0 Å². The maximum atomic E-state index is 11.7. The molecule has 1 amide bonds. The summed E-state index contributed by atoms with van der Waals surface area (Å²) in [7, 11) is 0. The van der Waals surface area contributed by atoms with Gasteiger partial charge in [0, 0.05) is 16.6 Å². The smallest absolute Gasteiger partial charge is 0.265 e. The lowest BCUT2D eigenvalue weighted by atomic mass is 10.2. The van der Waals surface area contributed by atoms with Gasteiger partial charge in [-0.25, -0.2) is 5.43 Å². The van der Waals surface area contributed by atoms with Gasteiger partial charge in [0.2, 0.25) is 0 Å². The lowest BCUT2D eigenvalue weighted by Crippen LogP contribution is -2.42. The monoisotopic (exact) mass is 270 g/mol. The summed E-state index contributed by atoms with van der Waals surface area (Å²) in [5, 5.41) is 0.564. The van der Waals surface area contributed by atoms with Crippen molar-refractivity contribution in [2.75, 3.05) is 0 Å². The number of rotatable bonds is 5. The first-order valence-corrected chi connectivity index (χ1v) is 6.82. The molecule has 2 N–H and O–H groups in total. The van der Waals surface area contributed by atoms with Crippen LogP contribution in [0.5, 0.6) is 0 Å². The first kappa shape index (κ1) is 16.9. The normalized spacial score (nSPS) is 11.2. The van der Waals surface area contributed by atoms with Crippen molar-refractivity contribution in [1.82, 2.24) is 10.9 Å². The number of carbonyl (C=O) groups is 1. The van der Waals surface area contributed by atoms with Crippen LogP contribution in [0, 0.1) is 0 Å². The van der Waals surface area contributed by atoms with Crippen LogP contribution in [0.1, 0.15) is 50.9 Å². The first-order chi connectivity index (χ1) is 8.63. The third kappa shape index (κ3) is 6.62. The molecule has 102 valence electrons. The molecule has 1 rings (SSSR count). The minimum Gasteiger partial charge on any atom is -0.287 e. The van der Waals surface area contributed by atoms with Gasteiger partial charge in [0.25, 0.3) is 5.91 Å². The molecule has 0 aromatic heterocycles. The van der Waals surface area contributed by atoms with E-state index in [0.717, 1.165) is 12.8 Å². The molecule has 1 unspecified atom stereocenters. The van der Waals surface area contributed by atoms with E-state index >= 15 is 0 Å². The van der Waals surface area contributed by atoms with Gasteiger partial charge in [0.1, 0.15) is 0 Å². The fourth-order valence-electron chi connectivity index (χ4n) is 1.40. The van der Waals surface area contributed by atoms with Gasteiger partial charge >= 0.3 is 0 Å². The van der Waals surface area contributed by atoms with Crippen LogP contribution < -0.4 is 10.9 Å². The maximum Gasteiger partial charge on any atom is 0.265 e. The second kappa shape index (κ2) is 9.92. The lowest BCUT2D eigenvalue weighted by Gasteiger charge is -2.13. The molecule has 0 fully saturated rings. The summed E-state index contributed by atoms with van der Waals surface area (Å²) in [5.74, 6) is -0.162. The molecule has 4 heteroatoms. The average Bonchev–Trinajstić information content (AvgIpc) is 2.38. The summed E-state index contributed by atoms with van der Waals surface area (Å²) in [6.45, 7) is 8.14. The molecule has 0 aliphatic rings. The van der Waals surface area contributed by atoms with E-state index in [0.29, 0.717) is 10.6 Å². The fourth-order valence-corrected chi connectivity index (χ4v) is 1.59. The highest BCUT2D eigenvalue weighted by Gasteiger charge is 2.06. The van der Waals surface area contributed by atoms with Crippen LogP contribution >= 0.6 is 11.6 Å². The Labute approximate surface area is 115 Å². The largest absolute Gasteiger partial charge is 0.287 e. The molecule has 0 spiro atoms. The van der Waals surface area contributed by atoms with Crippen LogP contribution in [-0.4, -0.2) is 11.9 Å². The Morgan fingerprint density at radius 1 is 1.39 bits per heavy atom. The number of amides is 1. The minimum atomic E-state index is -0.162. The highest BCUT2D eigenvalue weighted by Crippen LogP contribution is 2.10. The average molecular weight is 271 g/mol. The molecular weight excluding hydrogens is 248 g/mol. The predicted octanol–water partition coefficient (Wildman–Crippen LogP) is 3.79. The molecule has 1 atom stereocenters. The first-order valence-electron chi connectivity index (χ1n) is 6.45. The summed E-state index contributed by atoms with van der Waals surface area (Å²) in [4.78, 5) is 11.7. The number of hydrogen-bond acceptors (Lipinski definition) is 2. The molecule has 3 nitrogen and oxygen atoms in total. The second-order valence-corrected chi connectivity index (χ2v) is 4.23. The number of benzene rings is 1. The number of carbonyl (C=O) groups excluding carboxylic acids is 1. The van der Waals surface area contributed by atoms with Crippen molar-refractivity contribution in [3.8, 4) is 0 Å². The molecule has 0 saturated carbocycles. The summed E-state index contributed by atoms with van der Waals surface area (Å²) in [6, 6.07) is 7.14. The molecule has 0 radical (unpaired) electrons. The molecule has 1 aromatic rings. The van der Waals surface area contributed by atoms with E-state index in [1.165, 1.54) is 0 Å². The molecular formula is C14H23ClN2O. The zero-order valence-corrected chi connectivity index (χ0v) is 12.3. The molecule has 1 aromatic carbocycles. The Bertz CT molecular complexity index is 355. The molecule has 0 aliphatic heterocycles. The quantitative estimate of drug-likeness (QED) is 0.800. The number of hydrogen-bond donors (Lipinski definition) is 2. The zero-order valence-electron chi connectivity index (χ0n) is 11.6. The van der Waals surface area contributed by atoms with Gasteiger partial charge in [-0.2, -0.15) is 0 Å². The van der Waals surface area contributed by atoms with Crippen LogP contribution in [0.15, 0.2) is 24.3 Å². The number of hydrazine groups is 1. The van der Waals surface area contributed by atoms with Crippen LogP contribution in [0.2, 0.25) is 5.02 Å². The van der Waals surface area contributed by atoms with E-state index in [1.54, 1.807) is 24.3 Å². The Morgan fingerprint density at radius 2 is 2.06 bits per heavy atom. The Balaban J connectivity index is 0.00000137. The van der Waals surface area contributed by atoms with E-state index in [-0.39, 0.29) is 11.9 Å². The van der Waals surface area contributed by atoms with Crippen molar-refractivity contribution in [2.45, 2.75) is 46.6 Å². The third-order valence-corrected chi connectivity index (χ3v) is 2.48. The van der Waals surface area contributed by atoms with Crippen molar-refractivity contribution in [3.63, 3.8) is 0 Å². The summed E-state index contributed by atoms with van der Waals surface area (Å²) < 4.78 is 0. The Hall–Kier alpha value is -1.06. The van der Waals surface area contributed by atoms with Gasteiger partial charge < -0.3 is 0 Å². The lowest BCUT2D eigenvalue weighted by molar-refractivity contribution is 0.0925. The highest BCUT2D eigenvalue weighted by atomic mass is 35.5. The summed E-state index contributed by atoms with van der Waals surface area (Å²) >= 11 is 5.80. The Morgan fingerprint density at radius 3 is 2.61 bits per heavy atom. The van der Waals surface area contributed by atoms with Gasteiger partial charge in [-0.3, -0.25) is 10.2 Å². The van der Waals surface area contributed by atoms with Crippen LogP contribution in [0.3, 0.4) is 0 Å². The van der Waals surface area contributed by atoms with Crippen molar-refractivity contribution in [2.24, 2.45) is 0 Å². The standard InChI is InChI=1S/C12H17ClN2O.C2H6/c1-3-5-9(2)14-15-12(16)10-6-4-7-11(13)8-10;1-2/h4,6-9,14H,3,5H2,1-2H3,(H,15,16);1-2H3. The zero-order chi connectivity index (χ0) is 14.0. The predicted molar refractivity (Wildman–Crippen MR) is 77.8 cm³/mol. The third-order valence-electron chi connectivity index (χ3n) is 2.24. The van der Waals surface area contributed by atoms with Gasteiger partial charge in [-0.15, -0.1) is 0 Å². The molecule has 18 heavy (non-hydrogen) atoms.